The van der Waals surface area contributed by atoms with E-state index in [-0.39, 0.29) is 21.7 Å². The monoisotopic (exact) mass is 360 g/mol. The molecule has 122 valence electrons. The zero-order valence-electron chi connectivity index (χ0n) is 12.2. The molecular weight excluding hydrogens is 348 g/mol. The normalized spacial score (nSPS) is 16.2. The summed E-state index contributed by atoms with van der Waals surface area (Å²) in [7, 11) is -3.87. The molecule has 0 atom stereocenters. The Labute approximate surface area is 143 Å². The summed E-state index contributed by atoms with van der Waals surface area (Å²) in [5.74, 6) is -0.202. The number of benzene rings is 2. The van der Waals surface area contributed by atoms with E-state index in [1.54, 1.807) is 36.4 Å². The van der Waals surface area contributed by atoms with E-state index in [0.29, 0.717) is 10.5 Å². The van der Waals surface area contributed by atoms with Gasteiger partial charge in [0.15, 0.2) is 5.17 Å². The third-order valence-electron chi connectivity index (χ3n) is 3.05. The van der Waals surface area contributed by atoms with E-state index < -0.39 is 10.1 Å². The van der Waals surface area contributed by atoms with Crippen LogP contribution in [0, 0.1) is 0 Å². The smallest absolute Gasteiger partial charge is 0.339 e. The largest absolute Gasteiger partial charge is 0.379 e. The fourth-order valence-corrected chi connectivity index (χ4v) is 3.59. The second-order valence-electron chi connectivity index (χ2n) is 4.79. The van der Waals surface area contributed by atoms with E-state index in [4.69, 9.17) is 9.92 Å². The summed E-state index contributed by atoms with van der Waals surface area (Å²) in [5.41, 5.74) is 6.19. The predicted molar refractivity (Wildman–Crippen MR) is 92.9 cm³/mol. The van der Waals surface area contributed by atoms with Gasteiger partial charge in [-0.15, -0.1) is 0 Å². The van der Waals surface area contributed by atoms with E-state index in [2.05, 4.69) is 4.99 Å². The van der Waals surface area contributed by atoms with Crippen LogP contribution in [0.5, 0.6) is 5.75 Å². The number of hydrogen-bond acceptors (Lipinski definition) is 6. The van der Waals surface area contributed by atoms with Crippen LogP contribution >= 0.6 is 11.8 Å². The van der Waals surface area contributed by atoms with Gasteiger partial charge in [-0.2, -0.15) is 13.4 Å². The van der Waals surface area contributed by atoms with Crippen molar-refractivity contribution in [1.82, 2.24) is 0 Å². The Hall–Kier alpha value is -2.58. The standard InChI is InChI=1S/C16H12N2O4S2/c17-16-18-15(19)14(23-16)10-11-6-8-12(9-7-11)22-24(20,21)13-4-2-1-3-5-13/h1-10H,(H2,17,18,19)/b14-10-. The highest BCUT2D eigenvalue weighted by molar-refractivity contribution is 8.18. The summed E-state index contributed by atoms with van der Waals surface area (Å²) in [5, 5.41) is 0.208. The Morgan fingerprint density at radius 3 is 2.29 bits per heavy atom. The number of carbonyl (C=O) groups excluding carboxylic acids is 1. The van der Waals surface area contributed by atoms with Crippen LogP contribution < -0.4 is 9.92 Å². The van der Waals surface area contributed by atoms with Crippen molar-refractivity contribution in [2.45, 2.75) is 4.90 Å². The second kappa shape index (κ2) is 6.50. The minimum atomic E-state index is -3.87. The van der Waals surface area contributed by atoms with Gasteiger partial charge in [0.05, 0.1) is 4.91 Å². The van der Waals surface area contributed by atoms with Crippen molar-refractivity contribution in [2.24, 2.45) is 10.7 Å². The number of rotatable bonds is 4. The fraction of sp³-hybridized carbons (Fsp3) is 0. The molecule has 2 N–H and O–H groups in total. The summed E-state index contributed by atoms with van der Waals surface area (Å²) >= 11 is 1.09. The van der Waals surface area contributed by atoms with Crippen LogP contribution in [0.1, 0.15) is 5.56 Å². The van der Waals surface area contributed by atoms with Gasteiger partial charge in [-0.05, 0) is 47.7 Å². The van der Waals surface area contributed by atoms with Gasteiger partial charge in [-0.3, -0.25) is 4.79 Å². The predicted octanol–water partition coefficient (Wildman–Crippen LogP) is 2.38. The van der Waals surface area contributed by atoms with E-state index in [9.17, 15) is 13.2 Å². The molecule has 0 saturated carbocycles. The van der Waals surface area contributed by atoms with Crippen LogP contribution in [0.3, 0.4) is 0 Å². The number of amidine groups is 1. The highest BCUT2D eigenvalue weighted by Crippen LogP contribution is 2.27. The molecule has 6 nitrogen and oxygen atoms in total. The van der Waals surface area contributed by atoms with Crippen molar-refractivity contribution in [3.05, 3.63) is 65.1 Å². The van der Waals surface area contributed by atoms with Crippen molar-refractivity contribution in [3.63, 3.8) is 0 Å². The lowest BCUT2D eigenvalue weighted by Crippen LogP contribution is -2.09. The first-order valence-electron chi connectivity index (χ1n) is 6.82. The van der Waals surface area contributed by atoms with Crippen LogP contribution in [0.15, 0.2) is 69.4 Å². The molecule has 1 aliphatic rings. The molecule has 0 radical (unpaired) electrons. The number of aliphatic imine (C=N–C) groups is 1. The number of carbonyl (C=O) groups is 1. The first-order chi connectivity index (χ1) is 11.4. The minimum Gasteiger partial charge on any atom is -0.379 e. The van der Waals surface area contributed by atoms with Gasteiger partial charge in [-0.1, -0.05) is 30.3 Å². The van der Waals surface area contributed by atoms with Gasteiger partial charge in [0.1, 0.15) is 10.6 Å². The van der Waals surface area contributed by atoms with E-state index in [1.165, 1.54) is 24.3 Å². The second-order valence-corrected chi connectivity index (χ2v) is 7.39. The van der Waals surface area contributed by atoms with Crippen LogP contribution in [0.25, 0.3) is 6.08 Å². The summed E-state index contributed by atoms with van der Waals surface area (Å²) < 4.78 is 29.4. The number of hydrogen-bond donors (Lipinski definition) is 1. The summed E-state index contributed by atoms with van der Waals surface area (Å²) in [6.45, 7) is 0. The zero-order chi connectivity index (χ0) is 17.2. The van der Waals surface area contributed by atoms with E-state index in [0.717, 1.165) is 11.8 Å². The molecule has 2 aromatic rings. The molecule has 0 spiro atoms. The van der Waals surface area contributed by atoms with Gasteiger partial charge >= 0.3 is 10.1 Å². The van der Waals surface area contributed by atoms with E-state index in [1.807, 2.05) is 0 Å². The van der Waals surface area contributed by atoms with Crippen molar-refractivity contribution in [3.8, 4) is 5.75 Å². The van der Waals surface area contributed by atoms with Crippen LogP contribution in [-0.2, 0) is 14.9 Å². The maximum atomic E-state index is 12.1. The van der Waals surface area contributed by atoms with Crippen molar-refractivity contribution < 1.29 is 17.4 Å². The quantitative estimate of drug-likeness (QED) is 0.664. The average Bonchev–Trinajstić information content (AvgIpc) is 2.87. The molecular formula is C16H12N2O4S2. The third-order valence-corrected chi connectivity index (χ3v) is 5.13. The summed E-state index contributed by atoms with van der Waals surface area (Å²) in [6.07, 6.45) is 1.63. The molecule has 0 bridgehead atoms. The average molecular weight is 360 g/mol. The lowest BCUT2D eigenvalue weighted by atomic mass is 10.2. The maximum Gasteiger partial charge on any atom is 0.339 e. The summed E-state index contributed by atoms with van der Waals surface area (Å²) in [6, 6.07) is 14.2. The van der Waals surface area contributed by atoms with Gasteiger partial charge in [0.2, 0.25) is 0 Å². The molecule has 1 heterocycles. The molecule has 24 heavy (non-hydrogen) atoms. The zero-order valence-corrected chi connectivity index (χ0v) is 13.9. The number of amides is 1. The minimum absolute atomic E-state index is 0.0803. The topological polar surface area (TPSA) is 98.8 Å². The lowest BCUT2D eigenvalue weighted by molar-refractivity contribution is -0.113. The van der Waals surface area contributed by atoms with Crippen molar-refractivity contribution in [1.29, 1.82) is 0 Å². The van der Waals surface area contributed by atoms with Crippen molar-refractivity contribution >= 4 is 39.0 Å². The fourth-order valence-electron chi connectivity index (χ4n) is 1.96. The van der Waals surface area contributed by atoms with Gasteiger partial charge in [-0.25, -0.2) is 0 Å². The molecule has 0 fully saturated rings. The SMILES string of the molecule is NC1=NC(=O)/C(=C/c2ccc(OS(=O)(=O)c3ccccc3)cc2)S1. The molecule has 0 aliphatic carbocycles. The van der Waals surface area contributed by atoms with Crippen LogP contribution in [0.2, 0.25) is 0 Å². The number of thioether (sulfide) groups is 1. The Bertz CT molecular complexity index is 934. The highest BCUT2D eigenvalue weighted by atomic mass is 32.2. The molecule has 0 saturated heterocycles. The molecule has 2 aromatic carbocycles. The molecule has 3 rings (SSSR count). The maximum absolute atomic E-state index is 12.1. The van der Waals surface area contributed by atoms with Gasteiger partial charge in [0.25, 0.3) is 5.91 Å². The number of nitrogens with zero attached hydrogens (tertiary/aromatic N) is 1. The Balaban J connectivity index is 1.76. The van der Waals surface area contributed by atoms with Crippen molar-refractivity contribution in [2.75, 3.05) is 0 Å². The number of nitrogens with two attached hydrogens (primary N) is 1. The lowest BCUT2D eigenvalue weighted by Gasteiger charge is -2.07. The van der Waals surface area contributed by atoms with Gasteiger partial charge < -0.3 is 9.92 Å². The first kappa shape index (κ1) is 16.3. The van der Waals surface area contributed by atoms with E-state index >= 15 is 0 Å². The molecule has 8 heteroatoms. The Morgan fingerprint density at radius 1 is 1.04 bits per heavy atom. The molecule has 1 amide bonds. The molecule has 0 unspecified atom stereocenters. The van der Waals surface area contributed by atoms with Gasteiger partial charge in [0, 0.05) is 0 Å². The first-order valence-corrected chi connectivity index (χ1v) is 9.04. The van der Waals surface area contributed by atoms with Crippen LogP contribution in [0.4, 0.5) is 0 Å². The summed E-state index contributed by atoms with van der Waals surface area (Å²) in [4.78, 5) is 15.6. The van der Waals surface area contributed by atoms with Crippen LogP contribution in [-0.4, -0.2) is 19.5 Å². The third kappa shape index (κ3) is 3.66. The molecule has 0 aromatic heterocycles. The molecule has 1 aliphatic heterocycles. The Morgan fingerprint density at radius 2 is 1.71 bits per heavy atom. The highest BCUT2D eigenvalue weighted by Gasteiger charge is 2.19. The Kier molecular flexibility index (Phi) is 4.41.